The van der Waals surface area contributed by atoms with Crippen molar-refractivity contribution in [2.24, 2.45) is 0 Å². The van der Waals surface area contributed by atoms with Gasteiger partial charge in [0.2, 0.25) is 0 Å². The van der Waals surface area contributed by atoms with Gasteiger partial charge in [0, 0.05) is 29.8 Å². The SMILES string of the molecule is Cc1cc(Nc2cnn(C(C)C)c2)ccn1. The van der Waals surface area contributed by atoms with Crippen molar-refractivity contribution in [2.75, 3.05) is 5.32 Å². The molecule has 2 aromatic heterocycles. The summed E-state index contributed by atoms with van der Waals surface area (Å²) in [4.78, 5) is 4.15. The molecule has 0 atom stereocenters. The second-order valence-electron chi connectivity index (χ2n) is 4.11. The van der Waals surface area contributed by atoms with Gasteiger partial charge >= 0.3 is 0 Å². The minimum absolute atomic E-state index is 0.384. The number of anilines is 2. The van der Waals surface area contributed by atoms with E-state index >= 15 is 0 Å². The number of rotatable bonds is 3. The van der Waals surface area contributed by atoms with Gasteiger partial charge in [-0.3, -0.25) is 9.67 Å². The van der Waals surface area contributed by atoms with Gasteiger partial charge in [0.15, 0.2) is 0 Å². The van der Waals surface area contributed by atoms with Gasteiger partial charge in [-0.2, -0.15) is 5.10 Å². The molecule has 2 heterocycles. The molecule has 0 aliphatic carbocycles. The molecule has 0 radical (unpaired) electrons. The number of hydrogen-bond acceptors (Lipinski definition) is 3. The van der Waals surface area contributed by atoms with Gasteiger partial charge < -0.3 is 5.32 Å². The van der Waals surface area contributed by atoms with Gasteiger partial charge in [0.1, 0.15) is 0 Å². The van der Waals surface area contributed by atoms with E-state index in [1.54, 1.807) is 6.20 Å². The first kappa shape index (κ1) is 10.7. The lowest BCUT2D eigenvalue weighted by molar-refractivity contribution is 0.532. The van der Waals surface area contributed by atoms with Crippen LogP contribution in [-0.4, -0.2) is 14.8 Å². The van der Waals surface area contributed by atoms with Crippen LogP contribution in [0, 0.1) is 6.92 Å². The summed E-state index contributed by atoms with van der Waals surface area (Å²) in [6, 6.07) is 4.33. The lowest BCUT2D eigenvalue weighted by Gasteiger charge is -2.05. The van der Waals surface area contributed by atoms with Crippen LogP contribution in [0.15, 0.2) is 30.7 Å². The molecule has 0 spiro atoms. The Morgan fingerprint density at radius 3 is 2.75 bits per heavy atom. The maximum atomic E-state index is 4.27. The molecule has 0 amide bonds. The van der Waals surface area contributed by atoms with Crippen molar-refractivity contribution in [3.8, 4) is 0 Å². The average Bonchev–Trinajstić information content (AvgIpc) is 2.66. The third-order valence-corrected chi connectivity index (χ3v) is 2.32. The van der Waals surface area contributed by atoms with Crippen molar-refractivity contribution in [1.29, 1.82) is 0 Å². The number of aromatic nitrogens is 3. The minimum atomic E-state index is 0.384. The highest BCUT2D eigenvalue weighted by Gasteiger charge is 2.01. The Morgan fingerprint density at radius 2 is 2.12 bits per heavy atom. The highest BCUT2D eigenvalue weighted by Crippen LogP contribution is 2.17. The summed E-state index contributed by atoms with van der Waals surface area (Å²) in [6.45, 7) is 6.18. The molecule has 0 bridgehead atoms. The highest BCUT2D eigenvalue weighted by atomic mass is 15.3. The molecule has 0 aromatic carbocycles. The summed E-state index contributed by atoms with van der Waals surface area (Å²) in [5.41, 5.74) is 3.04. The smallest absolute Gasteiger partial charge is 0.0770 e. The lowest BCUT2D eigenvalue weighted by Crippen LogP contribution is -1.99. The molecule has 0 saturated heterocycles. The summed E-state index contributed by atoms with van der Waals surface area (Å²) >= 11 is 0. The Balaban J connectivity index is 2.14. The van der Waals surface area contributed by atoms with Crippen LogP contribution >= 0.6 is 0 Å². The van der Waals surface area contributed by atoms with Crippen molar-refractivity contribution >= 4 is 11.4 Å². The summed E-state index contributed by atoms with van der Waals surface area (Å²) in [7, 11) is 0. The maximum Gasteiger partial charge on any atom is 0.0770 e. The summed E-state index contributed by atoms with van der Waals surface area (Å²) in [6.07, 6.45) is 5.63. The zero-order valence-corrected chi connectivity index (χ0v) is 9.81. The summed E-state index contributed by atoms with van der Waals surface area (Å²) in [5.74, 6) is 0. The third-order valence-electron chi connectivity index (χ3n) is 2.32. The predicted octanol–water partition coefficient (Wildman–Crippen LogP) is 2.91. The first-order chi connectivity index (χ1) is 7.65. The van der Waals surface area contributed by atoms with Crippen molar-refractivity contribution in [2.45, 2.75) is 26.8 Å². The van der Waals surface area contributed by atoms with Crippen LogP contribution < -0.4 is 5.32 Å². The van der Waals surface area contributed by atoms with Gasteiger partial charge in [-0.1, -0.05) is 0 Å². The van der Waals surface area contributed by atoms with Crippen molar-refractivity contribution in [3.05, 3.63) is 36.4 Å². The van der Waals surface area contributed by atoms with Crippen molar-refractivity contribution in [3.63, 3.8) is 0 Å². The van der Waals surface area contributed by atoms with Gasteiger partial charge in [0.25, 0.3) is 0 Å². The van der Waals surface area contributed by atoms with E-state index in [-0.39, 0.29) is 0 Å². The first-order valence-corrected chi connectivity index (χ1v) is 5.39. The molecular formula is C12H16N4. The number of hydrogen-bond donors (Lipinski definition) is 1. The molecule has 84 valence electrons. The second kappa shape index (κ2) is 4.35. The zero-order valence-electron chi connectivity index (χ0n) is 9.81. The minimum Gasteiger partial charge on any atom is -0.353 e. The number of aryl methyl sites for hydroxylation is 1. The number of nitrogens with zero attached hydrogens (tertiary/aromatic N) is 3. The molecule has 0 aliphatic heterocycles. The standard InChI is InChI=1S/C12H16N4/c1-9(2)16-8-12(7-14-16)15-11-4-5-13-10(3)6-11/h4-9H,1-3H3,(H,13,15). The topological polar surface area (TPSA) is 42.7 Å². The normalized spacial score (nSPS) is 10.8. The van der Waals surface area contributed by atoms with Crippen LogP contribution in [0.25, 0.3) is 0 Å². The molecule has 2 rings (SSSR count). The van der Waals surface area contributed by atoms with Crippen molar-refractivity contribution in [1.82, 2.24) is 14.8 Å². The van der Waals surface area contributed by atoms with Gasteiger partial charge in [-0.15, -0.1) is 0 Å². The molecule has 2 aromatic rings. The summed E-state index contributed by atoms with van der Waals surface area (Å²) in [5, 5.41) is 7.57. The van der Waals surface area contributed by atoms with E-state index in [4.69, 9.17) is 0 Å². The van der Waals surface area contributed by atoms with E-state index in [2.05, 4.69) is 29.2 Å². The van der Waals surface area contributed by atoms with Crippen molar-refractivity contribution < 1.29 is 0 Å². The van der Waals surface area contributed by atoms with E-state index < -0.39 is 0 Å². The average molecular weight is 216 g/mol. The summed E-state index contributed by atoms with van der Waals surface area (Å²) < 4.78 is 1.93. The largest absolute Gasteiger partial charge is 0.353 e. The molecule has 4 heteroatoms. The first-order valence-electron chi connectivity index (χ1n) is 5.39. The van der Waals surface area contributed by atoms with Crippen LogP contribution in [0.5, 0.6) is 0 Å². The van der Waals surface area contributed by atoms with E-state index in [1.807, 2.05) is 36.1 Å². The molecule has 0 fully saturated rings. The Labute approximate surface area is 95.3 Å². The maximum absolute atomic E-state index is 4.27. The molecule has 0 saturated carbocycles. The fraction of sp³-hybridized carbons (Fsp3) is 0.333. The molecule has 4 nitrogen and oxygen atoms in total. The van der Waals surface area contributed by atoms with E-state index in [1.165, 1.54) is 0 Å². The van der Waals surface area contributed by atoms with Gasteiger partial charge in [-0.25, -0.2) is 0 Å². The Hall–Kier alpha value is -1.84. The van der Waals surface area contributed by atoms with E-state index in [0.29, 0.717) is 6.04 Å². The fourth-order valence-electron chi connectivity index (χ4n) is 1.47. The second-order valence-corrected chi connectivity index (χ2v) is 4.11. The predicted molar refractivity (Wildman–Crippen MR) is 64.9 cm³/mol. The van der Waals surface area contributed by atoms with Gasteiger partial charge in [-0.05, 0) is 32.9 Å². The Morgan fingerprint density at radius 1 is 1.31 bits per heavy atom. The Kier molecular flexibility index (Phi) is 2.90. The number of pyridine rings is 1. The molecule has 0 unspecified atom stereocenters. The van der Waals surface area contributed by atoms with Crippen LogP contribution in [0.2, 0.25) is 0 Å². The van der Waals surface area contributed by atoms with Crippen LogP contribution in [0.1, 0.15) is 25.6 Å². The highest BCUT2D eigenvalue weighted by molar-refractivity contribution is 5.57. The monoisotopic (exact) mass is 216 g/mol. The lowest BCUT2D eigenvalue weighted by atomic mass is 10.3. The van der Waals surface area contributed by atoms with Crippen LogP contribution in [0.4, 0.5) is 11.4 Å². The zero-order chi connectivity index (χ0) is 11.5. The fourth-order valence-corrected chi connectivity index (χ4v) is 1.47. The molecule has 16 heavy (non-hydrogen) atoms. The number of nitrogens with one attached hydrogen (secondary N) is 1. The molecule has 1 N–H and O–H groups in total. The van der Waals surface area contributed by atoms with E-state index in [9.17, 15) is 0 Å². The third kappa shape index (κ3) is 2.39. The molecular weight excluding hydrogens is 200 g/mol. The van der Waals surface area contributed by atoms with Crippen LogP contribution in [0.3, 0.4) is 0 Å². The Bertz CT molecular complexity index is 473. The molecule has 0 aliphatic rings. The van der Waals surface area contributed by atoms with Crippen LogP contribution in [-0.2, 0) is 0 Å². The quantitative estimate of drug-likeness (QED) is 0.857. The van der Waals surface area contributed by atoms with E-state index in [0.717, 1.165) is 17.1 Å². The van der Waals surface area contributed by atoms with Gasteiger partial charge in [0.05, 0.1) is 11.9 Å².